The molecule has 0 aromatic heterocycles. The molecule has 0 spiro atoms. The van der Waals surface area contributed by atoms with E-state index in [0.29, 0.717) is 0 Å². The Bertz CT molecular complexity index is 849. The summed E-state index contributed by atoms with van der Waals surface area (Å²) in [7, 11) is 4.18. The molecule has 0 unspecified atom stereocenters. The van der Waals surface area contributed by atoms with Crippen molar-refractivity contribution >= 4 is 29.1 Å². The second-order valence-corrected chi connectivity index (χ2v) is 7.93. The molecule has 0 aliphatic carbocycles. The second-order valence-electron chi connectivity index (χ2n) is 7.55. The Labute approximate surface area is 174 Å². The van der Waals surface area contributed by atoms with Crippen LogP contribution in [0, 0.1) is 6.92 Å². The minimum absolute atomic E-state index is 0.884. The standard InChI is InChI=1S/C24H30ClN3/c1-5-6-9-21-12-11-20(17-23(21)26(3)4)18-27-13-15-28(16-14-27)22-10-7-8-19(2)24(22)25/h5-12,17H,1,13-16,18H2,2-4H3/b9-6-. The molecule has 148 valence electrons. The van der Waals surface area contributed by atoms with Crippen LogP contribution in [0.5, 0.6) is 0 Å². The van der Waals surface area contributed by atoms with Crippen LogP contribution >= 0.6 is 11.6 Å². The molecule has 0 atom stereocenters. The lowest BCUT2D eigenvalue weighted by atomic mass is 10.1. The van der Waals surface area contributed by atoms with Crippen molar-refractivity contribution in [2.75, 3.05) is 50.1 Å². The van der Waals surface area contributed by atoms with Gasteiger partial charge in [0.25, 0.3) is 0 Å². The fraction of sp³-hybridized carbons (Fsp3) is 0.333. The average Bonchev–Trinajstić information content (AvgIpc) is 2.69. The predicted octanol–water partition coefficient (Wildman–Crippen LogP) is 5.24. The molecule has 0 bridgehead atoms. The van der Waals surface area contributed by atoms with Crippen LogP contribution in [0.25, 0.3) is 6.08 Å². The molecule has 2 aromatic rings. The van der Waals surface area contributed by atoms with E-state index in [-0.39, 0.29) is 0 Å². The number of rotatable bonds is 6. The molecule has 3 nitrogen and oxygen atoms in total. The molecule has 3 rings (SSSR count). The average molecular weight is 396 g/mol. The van der Waals surface area contributed by atoms with Gasteiger partial charge < -0.3 is 9.80 Å². The normalized spacial score (nSPS) is 15.2. The van der Waals surface area contributed by atoms with Gasteiger partial charge in [-0.25, -0.2) is 0 Å². The van der Waals surface area contributed by atoms with Crippen LogP contribution in [-0.4, -0.2) is 45.2 Å². The first-order chi connectivity index (χ1) is 13.5. The molecule has 1 aliphatic heterocycles. The van der Waals surface area contributed by atoms with Crippen molar-refractivity contribution in [1.82, 2.24) is 4.90 Å². The van der Waals surface area contributed by atoms with E-state index in [0.717, 1.165) is 49.0 Å². The van der Waals surface area contributed by atoms with Gasteiger partial charge in [-0.05, 0) is 35.7 Å². The van der Waals surface area contributed by atoms with Crippen LogP contribution in [0.4, 0.5) is 11.4 Å². The molecule has 0 amide bonds. The van der Waals surface area contributed by atoms with E-state index in [4.69, 9.17) is 11.6 Å². The summed E-state index contributed by atoms with van der Waals surface area (Å²) in [5, 5.41) is 0.884. The van der Waals surface area contributed by atoms with Crippen LogP contribution in [0.3, 0.4) is 0 Å². The van der Waals surface area contributed by atoms with Crippen molar-refractivity contribution in [2.45, 2.75) is 13.5 Å². The smallest absolute Gasteiger partial charge is 0.0668 e. The minimum Gasteiger partial charge on any atom is -0.377 e. The molecule has 0 radical (unpaired) electrons. The first kappa shape index (κ1) is 20.5. The molecule has 4 heteroatoms. The molecular weight excluding hydrogens is 366 g/mol. The SMILES string of the molecule is C=C/C=C\c1ccc(CN2CCN(c3cccc(C)c3Cl)CC2)cc1N(C)C. The van der Waals surface area contributed by atoms with E-state index in [9.17, 15) is 0 Å². The van der Waals surface area contributed by atoms with E-state index in [1.54, 1.807) is 0 Å². The largest absolute Gasteiger partial charge is 0.377 e. The zero-order valence-corrected chi connectivity index (χ0v) is 17.9. The molecule has 1 saturated heterocycles. The van der Waals surface area contributed by atoms with Gasteiger partial charge in [-0.15, -0.1) is 0 Å². The van der Waals surface area contributed by atoms with Crippen LogP contribution in [0.15, 0.2) is 55.1 Å². The van der Waals surface area contributed by atoms with E-state index in [1.165, 1.54) is 16.8 Å². The van der Waals surface area contributed by atoms with Gasteiger partial charge in [0.05, 0.1) is 10.7 Å². The summed E-state index contributed by atoms with van der Waals surface area (Å²) in [5.74, 6) is 0. The van der Waals surface area contributed by atoms with E-state index in [2.05, 4.69) is 84.8 Å². The number of halogens is 1. The first-order valence-electron chi connectivity index (χ1n) is 9.81. The maximum absolute atomic E-state index is 6.52. The quantitative estimate of drug-likeness (QED) is 0.619. The van der Waals surface area contributed by atoms with Gasteiger partial charge >= 0.3 is 0 Å². The highest BCUT2D eigenvalue weighted by molar-refractivity contribution is 6.34. The lowest BCUT2D eigenvalue weighted by Gasteiger charge is -2.36. The number of aryl methyl sites for hydroxylation is 1. The molecule has 1 heterocycles. The maximum Gasteiger partial charge on any atom is 0.0668 e. The fourth-order valence-electron chi connectivity index (χ4n) is 3.67. The number of nitrogens with zero attached hydrogens (tertiary/aromatic N) is 3. The van der Waals surface area contributed by atoms with Gasteiger partial charge in [0, 0.05) is 52.5 Å². The molecule has 0 N–H and O–H groups in total. The molecular formula is C24H30ClN3. The molecule has 0 saturated carbocycles. The van der Waals surface area contributed by atoms with Crippen molar-refractivity contribution < 1.29 is 0 Å². The highest BCUT2D eigenvalue weighted by atomic mass is 35.5. The number of anilines is 2. The van der Waals surface area contributed by atoms with E-state index >= 15 is 0 Å². The Hall–Kier alpha value is -2.23. The topological polar surface area (TPSA) is 9.72 Å². The van der Waals surface area contributed by atoms with Gasteiger partial charge in [-0.2, -0.15) is 0 Å². The third-order valence-electron chi connectivity index (χ3n) is 5.28. The summed E-state index contributed by atoms with van der Waals surface area (Å²) in [5.41, 5.74) is 6.10. The van der Waals surface area contributed by atoms with Crippen molar-refractivity contribution in [3.05, 3.63) is 76.8 Å². The Kier molecular flexibility index (Phi) is 6.82. The third-order valence-corrected chi connectivity index (χ3v) is 5.77. The van der Waals surface area contributed by atoms with Gasteiger partial charge in [-0.1, -0.05) is 60.7 Å². The van der Waals surface area contributed by atoms with E-state index < -0.39 is 0 Å². The number of hydrogen-bond acceptors (Lipinski definition) is 3. The number of piperazine rings is 1. The highest BCUT2D eigenvalue weighted by Gasteiger charge is 2.19. The number of allylic oxidation sites excluding steroid dienone is 2. The van der Waals surface area contributed by atoms with Crippen LogP contribution in [-0.2, 0) is 6.54 Å². The van der Waals surface area contributed by atoms with Crippen LogP contribution in [0.2, 0.25) is 5.02 Å². The summed E-state index contributed by atoms with van der Waals surface area (Å²) in [6.07, 6.45) is 5.90. The number of hydrogen-bond donors (Lipinski definition) is 0. The van der Waals surface area contributed by atoms with Crippen LogP contribution < -0.4 is 9.80 Å². The maximum atomic E-state index is 6.52. The Morgan fingerprint density at radius 3 is 2.54 bits per heavy atom. The molecule has 1 aliphatic rings. The van der Waals surface area contributed by atoms with Crippen molar-refractivity contribution in [3.8, 4) is 0 Å². The Balaban J connectivity index is 1.66. The lowest BCUT2D eigenvalue weighted by molar-refractivity contribution is 0.250. The summed E-state index contributed by atoms with van der Waals surface area (Å²) < 4.78 is 0. The third kappa shape index (κ3) is 4.78. The highest BCUT2D eigenvalue weighted by Crippen LogP contribution is 2.30. The zero-order chi connectivity index (χ0) is 20.1. The number of benzene rings is 2. The minimum atomic E-state index is 0.884. The lowest BCUT2D eigenvalue weighted by Crippen LogP contribution is -2.46. The Morgan fingerprint density at radius 2 is 1.86 bits per heavy atom. The summed E-state index contributed by atoms with van der Waals surface area (Å²) in [4.78, 5) is 7.10. The summed E-state index contributed by atoms with van der Waals surface area (Å²) in [6, 6.07) is 13.0. The predicted molar refractivity (Wildman–Crippen MR) is 124 cm³/mol. The van der Waals surface area contributed by atoms with Crippen LogP contribution in [0.1, 0.15) is 16.7 Å². The second kappa shape index (κ2) is 9.31. The summed E-state index contributed by atoms with van der Waals surface area (Å²) in [6.45, 7) is 10.9. The monoisotopic (exact) mass is 395 g/mol. The van der Waals surface area contributed by atoms with Crippen molar-refractivity contribution in [1.29, 1.82) is 0 Å². The zero-order valence-electron chi connectivity index (χ0n) is 17.2. The van der Waals surface area contributed by atoms with Crippen molar-refractivity contribution in [3.63, 3.8) is 0 Å². The van der Waals surface area contributed by atoms with Gasteiger partial charge in [0.15, 0.2) is 0 Å². The first-order valence-corrected chi connectivity index (χ1v) is 10.2. The molecule has 28 heavy (non-hydrogen) atoms. The summed E-state index contributed by atoms with van der Waals surface area (Å²) >= 11 is 6.52. The van der Waals surface area contributed by atoms with E-state index in [1.807, 2.05) is 12.2 Å². The Morgan fingerprint density at radius 1 is 1.11 bits per heavy atom. The van der Waals surface area contributed by atoms with Crippen molar-refractivity contribution in [2.24, 2.45) is 0 Å². The molecule has 1 fully saturated rings. The van der Waals surface area contributed by atoms with Gasteiger partial charge in [-0.3, -0.25) is 4.90 Å². The van der Waals surface area contributed by atoms with Gasteiger partial charge in [0.1, 0.15) is 0 Å². The molecule has 2 aromatic carbocycles. The van der Waals surface area contributed by atoms with Gasteiger partial charge in [0.2, 0.25) is 0 Å². The fourth-order valence-corrected chi connectivity index (χ4v) is 3.91.